The summed E-state index contributed by atoms with van der Waals surface area (Å²) in [7, 11) is 0. The average molecular weight is 331 g/mol. The molecule has 0 fully saturated rings. The van der Waals surface area contributed by atoms with Crippen LogP contribution in [0.1, 0.15) is 12.5 Å². The zero-order valence-electron chi connectivity index (χ0n) is 14.3. The van der Waals surface area contributed by atoms with E-state index in [2.05, 4.69) is 53.3 Å². The van der Waals surface area contributed by atoms with Gasteiger partial charge in [0.1, 0.15) is 0 Å². The molecule has 1 aliphatic rings. The predicted molar refractivity (Wildman–Crippen MR) is 101 cm³/mol. The van der Waals surface area contributed by atoms with Gasteiger partial charge >= 0.3 is 0 Å². The van der Waals surface area contributed by atoms with Crippen molar-refractivity contribution in [3.63, 3.8) is 0 Å². The number of hydrogen-bond acceptors (Lipinski definition) is 3. The Kier molecular flexibility index (Phi) is 4.20. The molecule has 1 atom stereocenters. The van der Waals surface area contributed by atoms with Crippen LogP contribution in [0.4, 0.5) is 0 Å². The van der Waals surface area contributed by atoms with E-state index < -0.39 is 0 Å². The van der Waals surface area contributed by atoms with Crippen molar-refractivity contribution in [2.75, 3.05) is 13.1 Å². The van der Waals surface area contributed by atoms with Crippen LogP contribution < -0.4 is 5.56 Å². The summed E-state index contributed by atoms with van der Waals surface area (Å²) >= 11 is 0. The van der Waals surface area contributed by atoms with E-state index in [9.17, 15) is 4.79 Å². The molecule has 0 bridgehead atoms. The Hall–Kier alpha value is -2.72. The summed E-state index contributed by atoms with van der Waals surface area (Å²) < 4.78 is 1.43. The third-order valence-electron chi connectivity index (χ3n) is 4.87. The highest BCUT2D eigenvalue weighted by Gasteiger charge is 2.14. The largest absolute Gasteiger partial charge is 0.293 e. The topological polar surface area (TPSA) is 38.1 Å². The van der Waals surface area contributed by atoms with Crippen LogP contribution >= 0.6 is 0 Å². The molecule has 4 rings (SSSR count). The van der Waals surface area contributed by atoms with E-state index >= 15 is 0 Å². The number of fused-ring (bicyclic) bond motifs is 1. The molecule has 0 saturated carbocycles. The fourth-order valence-corrected chi connectivity index (χ4v) is 3.37. The van der Waals surface area contributed by atoms with Crippen molar-refractivity contribution in [2.45, 2.75) is 19.4 Å². The normalized spacial score (nSPS) is 17.4. The van der Waals surface area contributed by atoms with Gasteiger partial charge < -0.3 is 0 Å². The van der Waals surface area contributed by atoms with Crippen LogP contribution in [0.15, 0.2) is 71.7 Å². The second kappa shape index (κ2) is 6.65. The zero-order valence-corrected chi connectivity index (χ0v) is 14.3. The van der Waals surface area contributed by atoms with Crippen LogP contribution in [0.2, 0.25) is 0 Å². The molecule has 0 amide bonds. The number of rotatable bonds is 4. The summed E-state index contributed by atoms with van der Waals surface area (Å²) in [5.74, 6) is 0. The highest BCUT2D eigenvalue weighted by atomic mass is 16.1. The van der Waals surface area contributed by atoms with Crippen molar-refractivity contribution in [3.8, 4) is 5.69 Å². The number of nitrogens with zero attached hydrogens (tertiary/aromatic N) is 3. The molecule has 4 nitrogen and oxygen atoms in total. The molecule has 0 saturated heterocycles. The van der Waals surface area contributed by atoms with Gasteiger partial charge in [0.05, 0.1) is 5.69 Å². The van der Waals surface area contributed by atoms with Crippen molar-refractivity contribution in [2.24, 2.45) is 0 Å². The van der Waals surface area contributed by atoms with Gasteiger partial charge in [0.15, 0.2) is 0 Å². The van der Waals surface area contributed by atoms with E-state index in [1.807, 2.05) is 12.1 Å². The Morgan fingerprint density at radius 3 is 2.76 bits per heavy atom. The van der Waals surface area contributed by atoms with E-state index in [1.165, 1.54) is 21.7 Å². The average Bonchev–Trinajstić information content (AvgIpc) is 3.05. The van der Waals surface area contributed by atoms with Crippen molar-refractivity contribution in [3.05, 3.63) is 82.8 Å². The fraction of sp³-hybridized carbons (Fsp3) is 0.238. The molecule has 3 aromatic rings. The minimum Gasteiger partial charge on any atom is -0.293 e. The highest BCUT2D eigenvalue weighted by Crippen LogP contribution is 2.20. The maximum Gasteiger partial charge on any atom is 0.271 e. The first-order chi connectivity index (χ1) is 12.2. The lowest BCUT2D eigenvalue weighted by atomic mass is 10.0. The molecule has 0 aliphatic carbocycles. The molecule has 2 heterocycles. The molecule has 25 heavy (non-hydrogen) atoms. The first-order valence-electron chi connectivity index (χ1n) is 8.69. The van der Waals surface area contributed by atoms with Gasteiger partial charge in [-0.1, -0.05) is 36.4 Å². The standard InChI is InChI=1S/C21H21N3O/c1-16-4-3-12-23(16)13-10-17-6-7-19-15-20(9-8-18(19)14-17)24-21(25)5-2-11-22-24/h2-9,11,14-16H,10,12-13H2,1H3/t16-/m1/s1. The van der Waals surface area contributed by atoms with E-state index in [-0.39, 0.29) is 5.56 Å². The molecule has 0 N–H and O–H groups in total. The van der Waals surface area contributed by atoms with Gasteiger partial charge in [-0.05, 0) is 47.9 Å². The van der Waals surface area contributed by atoms with Crippen LogP contribution in [0.25, 0.3) is 16.5 Å². The molecule has 126 valence electrons. The Bertz CT molecular complexity index is 990. The quantitative estimate of drug-likeness (QED) is 0.689. The SMILES string of the molecule is C[C@@H]1C=CCN1CCc1ccc2cc(-n3ncccc3=O)ccc2c1. The predicted octanol–water partition coefficient (Wildman–Crippen LogP) is 3.19. The van der Waals surface area contributed by atoms with Crippen molar-refractivity contribution >= 4 is 10.8 Å². The van der Waals surface area contributed by atoms with Gasteiger partial charge in [-0.3, -0.25) is 9.69 Å². The van der Waals surface area contributed by atoms with Gasteiger partial charge in [0.2, 0.25) is 0 Å². The zero-order chi connectivity index (χ0) is 17.2. The number of hydrogen-bond donors (Lipinski definition) is 0. The first-order valence-corrected chi connectivity index (χ1v) is 8.69. The number of aromatic nitrogens is 2. The highest BCUT2D eigenvalue weighted by molar-refractivity contribution is 5.85. The Labute approximate surface area is 147 Å². The molecule has 0 spiro atoms. The molecular formula is C21H21N3O. The minimum atomic E-state index is -0.119. The Balaban J connectivity index is 1.57. The van der Waals surface area contributed by atoms with Gasteiger partial charge in [-0.2, -0.15) is 9.78 Å². The molecule has 4 heteroatoms. The smallest absolute Gasteiger partial charge is 0.271 e. The molecule has 0 radical (unpaired) electrons. The summed E-state index contributed by atoms with van der Waals surface area (Å²) in [6.07, 6.45) is 7.18. The summed E-state index contributed by atoms with van der Waals surface area (Å²) in [6.45, 7) is 4.36. The van der Waals surface area contributed by atoms with Gasteiger partial charge in [-0.15, -0.1) is 0 Å². The van der Waals surface area contributed by atoms with Crippen LogP contribution in [-0.2, 0) is 6.42 Å². The van der Waals surface area contributed by atoms with E-state index in [0.29, 0.717) is 6.04 Å². The second-order valence-corrected chi connectivity index (χ2v) is 6.55. The first kappa shape index (κ1) is 15.8. The van der Waals surface area contributed by atoms with Crippen molar-refractivity contribution in [1.82, 2.24) is 14.7 Å². The molecule has 1 aromatic heterocycles. The van der Waals surface area contributed by atoms with E-state index in [1.54, 1.807) is 12.3 Å². The van der Waals surface area contributed by atoms with Gasteiger partial charge in [0.25, 0.3) is 5.56 Å². The lowest BCUT2D eigenvalue weighted by molar-refractivity contribution is 0.290. The number of benzene rings is 2. The van der Waals surface area contributed by atoms with Crippen LogP contribution in [0, 0.1) is 0 Å². The fourth-order valence-electron chi connectivity index (χ4n) is 3.37. The Morgan fingerprint density at radius 2 is 1.96 bits per heavy atom. The molecule has 1 aliphatic heterocycles. The maximum atomic E-state index is 11.9. The Morgan fingerprint density at radius 1 is 1.12 bits per heavy atom. The molecule has 2 aromatic carbocycles. The van der Waals surface area contributed by atoms with Gasteiger partial charge in [0, 0.05) is 31.4 Å². The monoisotopic (exact) mass is 331 g/mol. The summed E-state index contributed by atoms with van der Waals surface area (Å²) in [4.78, 5) is 14.4. The molecule has 0 unspecified atom stereocenters. The lowest BCUT2D eigenvalue weighted by Gasteiger charge is -2.20. The van der Waals surface area contributed by atoms with Crippen LogP contribution in [0.5, 0.6) is 0 Å². The third-order valence-corrected chi connectivity index (χ3v) is 4.87. The minimum absolute atomic E-state index is 0.119. The van der Waals surface area contributed by atoms with Crippen molar-refractivity contribution in [1.29, 1.82) is 0 Å². The third kappa shape index (κ3) is 3.26. The second-order valence-electron chi connectivity index (χ2n) is 6.55. The summed E-state index contributed by atoms with van der Waals surface area (Å²) in [6, 6.07) is 16.3. The van der Waals surface area contributed by atoms with E-state index in [0.717, 1.165) is 30.6 Å². The van der Waals surface area contributed by atoms with Crippen molar-refractivity contribution < 1.29 is 0 Å². The van der Waals surface area contributed by atoms with E-state index in [4.69, 9.17) is 0 Å². The lowest BCUT2D eigenvalue weighted by Crippen LogP contribution is -2.29. The summed E-state index contributed by atoms with van der Waals surface area (Å²) in [5, 5.41) is 6.46. The summed E-state index contributed by atoms with van der Waals surface area (Å²) in [5.41, 5.74) is 2.02. The maximum absolute atomic E-state index is 11.9. The molecular weight excluding hydrogens is 310 g/mol. The van der Waals surface area contributed by atoms with Crippen LogP contribution in [-0.4, -0.2) is 33.8 Å². The van der Waals surface area contributed by atoms with Gasteiger partial charge in [-0.25, -0.2) is 0 Å². The van der Waals surface area contributed by atoms with Crippen LogP contribution in [0.3, 0.4) is 0 Å².